The van der Waals surface area contributed by atoms with Crippen LogP contribution in [0.25, 0.3) is 28.4 Å². The Morgan fingerprint density at radius 2 is 1.38 bits per heavy atom. The fourth-order valence-corrected chi connectivity index (χ4v) is 3.90. The first-order valence-corrected chi connectivity index (χ1v) is 11.0. The summed E-state index contributed by atoms with van der Waals surface area (Å²) in [6, 6.07) is 36.9. The van der Waals surface area contributed by atoms with E-state index in [0.29, 0.717) is 0 Å². The van der Waals surface area contributed by atoms with E-state index in [1.807, 2.05) is 60.7 Å². The molecule has 34 heavy (non-hydrogen) atoms. The summed E-state index contributed by atoms with van der Waals surface area (Å²) in [7, 11) is 1.36. The first-order valence-electron chi connectivity index (χ1n) is 11.0. The number of benzene rings is 4. The van der Waals surface area contributed by atoms with Gasteiger partial charge in [-0.05, 0) is 72.3 Å². The van der Waals surface area contributed by atoms with Crippen LogP contribution in [0.4, 0.5) is 17.1 Å². The molecule has 4 nitrogen and oxygen atoms in total. The molecule has 4 heteroatoms. The van der Waals surface area contributed by atoms with Crippen molar-refractivity contribution < 1.29 is 13.9 Å². The number of methoxy groups -OCH3 is 1. The number of fused-ring (bicyclic) bond motifs is 1. The Morgan fingerprint density at radius 3 is 2.00 bits per heavy atom. The third-order valence-electron chi connectivity index (χ3n) is 5.60. The fraction of sp³-hybridized carbons (Fsp3) is 0.0333. The van der Waals surface area contributed by atoms with Gasteiger partial charge in [0.1, 0.15) is 11.3 Å². The van der Waals surface area contributed by atoms with Crippen molar-refractivity contribution in [2.75, 3.05) is 12.0 Å². The second-order valence-electron chi connectivity index (χ2n) is 7.82. The minimum Gasteiger partial charge on any atom is -0.466 e. The second kappa shape index (κ2) is 9.51. The van der Waals surface area contributed by atoms with Gasteiger partial charge in [0.25, 0.3) is 0 Å². The van der Waals surface area contributed by atoms with Crippen LogP contribution in [-0.2, 0) is 9.53 Å². The van der Waals surface area contributed by atoms with E-state index in [2.05, 4.69) is 58.2 Å². The Balaban J connectivity index is 1.46. The summed E-state index contributed by atoms with van der Waals surface area (Å²) in [5.74, 6) is 0.405. The molecule has 0 radical (unpaired) electrons. The van der Waals surface area contributed by atoms with Gasteiger partial charge in [-0.15, -0.1) is 0 Å². The second-order valence-corrected chi connectivity index (χ2v) is 7.82. The van der Waals surface area contributed by atoms with Crippen LogP contribution in [0.2, 0.25) is 0 Å². The fourth-order valence-electron chi connectivity index (χ4n) is 3.90. The first-order chi connectivity index (χ1) is 16.7. The van der Waals surface area contributed by atoms with Crippen molar-refractivity contribution in [2.24, 2.45) is 0 Å². The molecule has 0 aliphatic rings. The van der Waals surface area contributed by atoms with Gasteiger partial charge in [-0.3, -0.25) is 0 Å². The molecule has 0 saturated carbocycles. The van der Waals surface area contributed by atoms with Gasteiger partial charge >= 0.3 is 5.97 Å². The Bertz CT molecular complexity index is 1400. The molecule has 0 aliphatic carbocycles. The molecule has 0 fully saturated rings. The summed E-state index contributed by atoms with van der Waals surface area (Å²) in [4.78, 5) is 13.6. The van der Waals surface area contributed by atoms with Crippen molar-refractivity contribution in [3.63, 3.8) is 0 Å². The Hall–Kier alpha value is -4.57. The van der Waals surface area contributed by atoms with E-state index >= 15 is 0 Å². The van der Waals surface area contributed by atoms with Crippen molar-refractivity contribution >= 4 is 40.1 Å². The van der Waals surface area contributed by atoms with Gasteiger partial charge in [0.05, 0.1) is 7.11 Å². The number of hydrogen-bond donors (Lipinski definition) is 0. The lowest BCUT2D eigenvalue weighted by Crippen LogP contribution is -2.09. The lowest BCUT2D eigenvalue weighted by atomic mass is 10.1. The zero-order valence-corrected chi connectivity index (χ0v) is 18.7. The van der Waals surface area contributed by atoms with Crippen LogP contribution in [0.15, 0.2) is 120 Å². The molecule has 0 N–H and O–H groups in total. The highest BCUT2D eigenvalue weighted by atomic mass is 16.5. The maximum atomic E-state index is 11.4. The van der Waals surface area contributed by atoms with E-state index in [-0.39, 0.29) is 5.97 Å². The highest BCUT2D eigenvalue weighted by molar-refractivity contribution is 5.89. The van der Waals surface area contributed by atoms with Crippen LogP contribution in [0.3, 0.4) is 0 Å². The molecule has 0 spiro atoms. The predicted molar refractivity (Wildman–Crippen MR) is 137 cm³/mol. The zero-order chi connectivity index (χ0) is 23.3. The molecule has 4 aromatic carbocycles. The molecule has 5 rings (SSSR count). The number of carbonyl (C=O) groups is 1. The third kappa shape index (κ3) is 4.48. The highest BCUT2D eigenvalue weighted by Gasteiger charge is 2.13. The maximum absolute atomic E-state index is 11.4. The number of ether oxygens (including phenoxy) is 1. The van der Waals surface area contributed by atoms with Crippen LogP contribution in [0, 0.1) is 0 Å². The van der Waals surface area contributed by atoms with Gasteiger partial charge in [0.15, 0.2) is 0 Å². The third-order valence-corrected chi connectivity index (χ3v) is 5.60. The van der Waals surface area contributed by atoms with Crippen molar-refractivity contribution in [3.8, 4) is 11.3 Å². The first kappa shape index (κ1) is 21.3. The lowest BCUT2D eigenvalue weighted by molar-refractivity contribution is -0.134. The topological polar surface area (TPSA) is 42.7 Å². The number of nitrogens with zero attached hydrogens (tertiary/aromatic N) is 1. The minimum atomic E-state index is -0.389. The van der Waals surface area contributed by atoms with Gasteiger partial charge < -0.3 is 14.1 Å². The van der Waals surface area contributed by atoms with Crippen LogP contribution >= 0.6 is 0 Å². The van der Waals surface area contributed by atoms with E-state index in [1.165, 1.54) is 13.2 Å². The van der Waals surface area contributed by atoms with Crippen LogP contribution in [0.5, 0.6) is 0 Å². The SMILES string of the molecule is COC(=O)/C=C/c1ccc2cc(-c3ccc(N(c4ccccc4)c4ccccc4)cc3)oc2c1. The summed E-state index contributed by atoms with van der Waals surface area (Å²) < 4.78 is 10.8. The van der Waals surface area contributed by atoms with Crippen molar-refractivity contribution in [1.82, 2.24) is 0 Å². The summed E-state index contributed by atoms with van der Waals surface area (Å²) in [5.41, 5.74) is 5.88. The van der Waals surface area contributed by atoms with Crippen molar-refractivity contribution in [2.45, 2.75) is 0 Å². The molecule has 0 amide bonds. The normalized spacial score (nSPS) is 11.1. The average molecular weight is 446 g/mol. The maximum Gasteiger partial charge on any atom is 0.330 e. The number of carbonyl (C=O) groups excluding carboxylic acids is 1. The van der Waals surface area contributed by atoms with E-state index in [9.17, 15) is 4.79 Å². The quantitative estimate of drug-likeness (QED) is 0.198. The van der Waals surface area contributed by atoms with Gasteiger partial charge in [0, 0.05) is 34.1 Å². The molecule has 0 atom stereocenters. The Morgan fingerprint density at radius 1 is 0.765 bits per heavy atom. The molecule has 0 saturated heterocycles. The molecule has 166 valence electrons. The highest BCUT2D eigenvalue weighted by Crippen LogP contribution is 2.36. The molecule has 0 unspecified atom stereocenters. The van der Waals surface area contributed by atoms with Crippen LogP contribution in [0.1, 0.15) is 5.56 Å². The monoisotopic (exact) mass is 445 g/mol. The number of anilines is 3. The Labute approximate surface area is 198 Å². The van der Waals surface area contributed by atoms with E-state index < -0.39 is 0 Å². The summed E-state index contributed by atoms with van der Waals surface area (Å²) in [6.45, 7) is 0. The molecule has 5 aromatic rings. The molecule has 1 aromatic heterocycles. The van der Waals surface area contributed by atoms with E-state index in [4.69, 9.17) is 4.42 Å². The molecule has 0 bridgehead atoms. The number of esters is 1. The molecule has 0 aliphatic heterocycles. The van der Waals surface area contributed by atoms with Gasteiger partial charge in [-0.1, -0.05) is 48.5 Å². The standard InChI is InChI=1S/C30H23NO3/c1-33-30(32)19-13-22-12-14-24-21-29(34-28(24)20-22)23-15-17-27(18-16-23)31(25-8-4-2-5-9-25)26-10-6-3-7-11-26/h2-21H,1H3/b19-13+. The van der Waals surface area contributed by atoms with E-state index in [1.54, 1.807) is 6.08 Å². The minimum absolute atomic E-state index is 0.389. The molecular formula is C30H23NO3. The van der Waals surface area contributed by atoms with Crippen LogP contribution < -0.4 is 4.90 Å². The molecular weight excluding hydrogens is 422 g/mol. The van der Waals surface area contributed by atoms with Crippen LogP contribution in [-0.4, -0.2) is 13.1 Å². The van der Waals surface area contributed by atoms with Gasteiger partial charge in [-0.25, -0.2) is 4.79 Å². The Kier molecular flexibility index (Phi) is 5.95. The zero-order valence-electron chi connectivity index (χ0n) is 18.7. The number of para-hydroxylation sites is 2. The summed E-state index contributed by atoms with van der Waals surface area (Å²) in [5, 5.41) is 1.00. The van der Waals surface area contributed by atoms with Crippen molar-refractivity contribution in [1.29, 1.82) is 0 Å². The van der Waals surface area contributed by atoms with Gasteiger partial charge in [0.2, 0.25) is 0 Å². The lowest BCUT2D eigenvalue weighted by Gasteiger charge is -2.25. The summed E-state index contributed by atoms with van der Waals surface area (Å²) >= 11 is 0. The van der Waals surface area contributed by atoms with Gasteiger partial charge in [-0.2, -0.15) is 0 Å². The largest absolute Gasteiger partial charge is 0.466 e. The predicted octanol–water partition coefficient (Wildman–Crippen LogP) is 7.76. The molecule has 1 heterocycles. The number of hydrogen-bond acceptors (Lipinski definition) is 4. The average Bonchev–Trinajstić information content (AvgIpc) is 3.32. The summed E-state index contributed by atoms with van der Waals surface area (Å²) in [6.07, 6.45) is 3.11. The van der Waals surface area contributed by atoms with Crippen molar-refractivity contribution in [3.05, 3.63) is 121 Å². The number of rotatable bonds is 6. The number of furan rings is 1. The smallest absolute Gasteiger partial charge is 0.330 e. The van der Waals surface area contributed by atoms with E-state index in [0.717, 1.165) is 44.9 Å².